The molecule has 0 spiro atoms. The minimum absolute atomic E-state index is 0.115. The van der Waals surface area contributed by atoms with Crippen molar-refractivity contribution in [1.29, 1.82) is 0 Å². The minimum atomic E-state index is -0.209. The van der Waals surface area contributed by atoms with Crippen LogP contribution in [0.2, 0.25) is 0 Å². The molecule has 1 aromatic carbocycles. The highest BCUT2D eigenvalue weighted by atomic mass is 32.2. The van der Waals surface area contributed by atoms with Crippen LogP contribution in [0.4, 0.5) is 4.39 Å². The molecule has 0 aromatic heterocycles. The topological polar surface area (TPSA) is 68.8 Å². The molecule has 8 heteroatoms. The van der Waals surface area contributed by atoms with Gasteiger partial charge in [-0.25, -0.2) is 4.39 Å². The van der Waals surface area contributed by atoms with Crippen molar-refractivity contribution in [2.45, 2.75) is 37.1 Å². The van der Waals surface area contributed by atoms with E-state index in [1.807, 2.05) is 0 Å². The monoisotopic (exact) mass is 409 g/mol. The third-order valence-electron chi connectivity index (χ3n) is 4.57. The lowest BCUT2D eigenvalue weighted by molar-refractivity contribution is -0.122. The highest BCUT2D eigenvalue weighted by Crippen LogP contribution is 2.17. The van der Waals surface area contributed by atoms with Gasteiger partial charge in [0.1, 0.15) is 5.82 Å². The molecule has 28 heavy (non-hydrogen) atoms. The summed E-state index contributed by atoms with van der Waals surface area (Å²) in [4.78, 5) is 19.4. The number of carbonyl (C=O) groups excluding carboxylic acids is 1. The number of likely N-dealkylation sites (tertiary alicyclic amines) is 1. The molecular formula is C20H32FN5OS. The highest BCUT2D eigenvalue weighted by Gasteiger charge is 2.21. The summed E-state index contributed by atoms with van der Waals surface area (Å²) in [6, 6.07) is 6.92. The first-order valence-corrected chi connectivity index (χ1v) is 10.9. The fourth-order valence-corrected chi connectivity index (χ4v) is 3.78. The van der Waals surface area contributed by atoms with E-state index in [0.29, 0.717) is 12.6 Å². The van der Waals surface area contributed by atoms with Crippen LogP contribution in [-0.4, -0.2) is 68.3 Å². The van der Waals surface area contributed by atoms with Crippen molar-refractivity contribution in [2.75, 3.05) is 45.5 Å². The molecule has 0 bridgehead atoms. The number of nitrogens with zero attached hydrogens (tertiary/aromatic N) is 2. The molecule has 1 heterocycles. The molecule has 156 valence electrons. The second-order valence-corrected chi connectivity index (χ2v) is 8.01. The van der Waals surface area contributed by atoms with Gasteiger partial charge in [0.25, 0.3) is 0 Å². The number of benzene rings is 1. The van der Waals surface area contributed by atoms with Crippen molar-refractivity contribution in [1.82, 2.24) is 20.9 Å². The summed E-state index contributed by atoms with van der Waals surface area (Å²) >= 11 is 1.68. The highest BCUT2D eigenvalue weighted by molar-refractivity contribution is 7.99. The molecule has 1 amide bonds. The summed E-state index contributed by atoms with van der Waals surface area (Å²) in [5.74, 6) is 1.58. The molecule has 6 nitrogen and oxygen atoms in total. The molecule has 0 saturated carbocycles. The summed E-state index contributed by atoms with van der Waals surface area (Å²) in [7, 11) is 1.77. The molecule has 3 N–H and O–H groups in total. The maximum atomic E-state index is 12.9. The van der Waals surface area contributed by atoms with Gasteiger partial charge in [-0.05, 0) is 43.5 Å². The van der Waals surface area contributed by atoms with Crippen LogP contribution in [0.1, 0.15) is 26.2 Å². The van der Waals surface area contributed by atoms with E-state index >= 15 is 0 Å². The first kappa shape index (κ1) is 22.5. The third kappa shape index (κ3) is 8.48. The van der Waals surface area contributed by atoms with Gasteiger partial charge >= 0.3 is 0 Å². The number of guanidine groups is 1. The van der Waals surface area contributed by atoms with Crippen molar-refractivity contribution in [3.8, 4) is 0 Å². The Kier molecular flexibility index (Phi) is 10.1. The molecule has 0 atom stereocenters. The standard InChI is InChI=1S/C20H32FN5OS/c1-3-10-23-19(27)15-26-12-8-17(9-13-26)25-20(22-2)24-11-14-28-18-6-4-16(21)5-7-18/h4-7,17H,3,8-15H2,1-2H3,(H,23,27)(H2,22,24,25). The fraction of sp³-hybridized carbons (Fsp3) is 0.600. The maximum Gasteiger partial charge on any atom is 0.234 e. The predicted octanol–water partition coefficient (Wildman–Crippen LogP) is 2.07. The van der Waals surface area contributed by atoms with E-state index in [2.05, 4.69) is 32.8 Å². The Balaban J connectivity index is 1.61. The van der Waals surface area contributed by atoms with E-state index in [4.69, 9.17) is 0 Å². The molecular weight excluding hydrogens is 377 g/mol. The Morgan fingerprint density at radius 2 is 1.93 bits per heavy atom. The molecule has 0 radical (unpaired) electrons. The van der Waals surface area contributed by atoms with Crippen LogP contribution in [0.5, 0.6) is 0 Å². The van der Waals surface area contributed by atoms with Crippen LogP contribution in [0.3, 0.4) is 0 Å². The minimum Gasteiger partial charge on any atom is -0.356 e. The number of halogens is 1. The second-order valence-electron chi connectivity index (χ2n) is 6.85. The number of carbonyl (C=O) groups is 1. The number of hydrogen-bond donors (Lipinski definition) is 3. The van der Waals surface area contributed by atoms with Gasteiger partial charge in [-0.2, -0.15) is 0 Å². The van der Waals surface area contributed by atoms with E-state index in [9.17, 15) is 9.18 Å². The number of hydrogen-bond acceptors (Lipinski definition) is 4. The Morgan fingerprint density at radius 3 is 2.57 bits per heavy atom. The molecule has 0 aliphatic carbocycles. The summed E-state index contributed by atoms with van der Waals surface area (Å²) in [5.41, 5.74) is 0. The number of piperidine rings is 1. The maximum absolute atomic E-state index is 12.9. The van der Waals surface area contributed by atoms with E-state index < -0.39 is 0 Å². The van der Waals surface area contributed by atoms with Crippen LogP contribution >= 0.6 is 11.8 Å². The van der Waals surface area contributed by atoms with Gasteiger partial charge in [0.15, 0.2) is 5.96 Å². The average molecular weight is 410 g/mol. The second kappa shape index (κ2) is 12.6. The van der Waals surface area contributed by atoms with E-state index in [-0.39, 0.29) is 11.7 Å². The zero-order chi connectivity index (χ0) is 20.2. The summed E-state index contributed by atoms with van der Waals surface area (Å²) < 4.78 is 12.9. The smallest absolute Gasteiger partial charge is 0.234 e. The van der Waals surface area contributed by atoms with Crippen molar-refractivity contribution in [2.24, 2.45) is 4.99 Å². The van der Waals surface area contributed by atoms with Gasteiger partial charge in [-0.3, -0.25) is 14.7 Å². The number of amides is 1. The van der Waals surface area contributed by atoms with Gasteiger partial charge in [0, 0.05) is 49.9 Å². The number of thioether (sulfide) groups is 1. The van der Waals surface area contributed by atoms with Gasteiger partial charge in [0.2, 0.25) is 5.91 Å². The molecule has 2 rings (SSSR count). The first-order valence-electron chi connectivity index (χ1n) is 9.95. The average Bonchev–Trinajstić information content (AvgIpc) is 2.71. The molecule has 1 aliphatic heterocycles. The Morgan fingerprint density at radius 1 is 1.21 bits per heavy atom. The molecule has 1 aromatic rings. The Bertz CT molecular complexity index is 618. The Hall–Kier alpha value is -1.80. The number of aliphatic imine (C=N–C) groups is 1. The lowest BCUT2D eigenvalue weighted by atomic mass is 10.1. The third-order valence-corrected chi connectivity index (χ3v) is 5.58. The quantitative estimate of drug-likeness (QED) is 0.252. The predicted molar refractivity (Wildman–Crippen MR) is 114 cm³/mol. The van der Waals surface area contributed by atoms with Gasteiger partial charge in [-0.15, -0.1) is 11.8 Å². The van der Waals surface area contributed by atoms with Crippen molar-refractivity contribution < 1.29 is 9.18 Å². The SMILES string of the molecule is CCCNC(=O)CN1CCC(NC(=NC)NCCSc2ccc(F)cc2)CC1. The molecule has 1 saturated heterocycles. The molecule has 1 aliphatic rings. The van der Waals surface area contributed by atoms with Crippen molar-refractivity contribution in [3.05, 3.63) is 30.1 Å². The van der Waals surface area contributed by atoms with E-state index in [1.54, 1.807) is 30.9 Å². The molecule has 0 unspecified atom stereocenters. The fourth-order valence-electron chi connectivity index (χ4n) is 3.02. The van der Waals surface area contributed by atoms with Crippen LogP contribution in [0.25, 0.3) is 0 Å². The summed E-state index contributed by atoms with van der Waals surface area (Å²) in [6.45, 7) is 5.89. The number of rotatable bonds is 9. The summed E-state index contributed by atoms with van der Waals surface area (Å²) in [6.07, 6.45) is 2.95. The Labute approximate surface area is 171 Å². The lowest BCUT2D eigenvalue weighted by Gasteiger charge is -2.32. The van der Waals surface area contributed by atoms with Crippen molar-refractivity contribution >= 4 is 23.6 Å². The normalized spacial score (nSPS) is 16.0. The lowest BCUT2D eigenvalue weighted by Crippen LogP contribution is -2.50. The van der Waals surface area contributed by atoms with E-state index in [1.165, 1.54) is 12.1 Å². The van der Waals surface area contributed by atoms with Gasteiger partial charge < -0.3 is 16.0 Å². The van der Waals surface area contributed by atoms with Crippen LogP contribution in [0, 0.1) is 5.82 Å². The summed E-state index contributed by atoms with van der Waals surface area (Å²) in [5, 5.41) is 9.73. The zero-order valence-corrected chi connectivity index (χ0v) is 17.7. The first-order chi connectivity index (χ1) is 13.6. The van der Waals surface area contributed by atoms with Gasteiger partial charge in [-0.1, -0.05) is 6.92 Å². The zero-order valence-electron chi connectivity index (χ0n) is 16.8. The van der Waals surface area contributed by atoms with Crippen LogP contribution in [-0.2, 0) is 4.79 Å². The van der Waals surface area contributed by atoms with Gasteiger partial charge in [0.05, 0.1) is 6.54 Å². The van der Waals surface area contributed by atoms with E-state index in [0.717, 1.165) is 62.0 Å². The van der Waals surface area contributed by atoms with Crippen molar-refractivity contribution in [3.63, 3.8) is 0 Å². The van der Waals surface area contributed by atoms with Crippen LogP contribution < -0.4 is 16.0 Å². The number of nitrogens with one attached hydrogen (secondary N) is 3. The molecule has 1 fully saturated rings. The van der Waals surface area contributed by atoms with Crippen LogP contribution in [0.15, 0.2) is 34.2 Å². The largest absolute Gasteiger partial charge is 0.356 e.